The Labute approximate surface area is 90.7 Å². The van der Waals surface area contributed by atoms with Gasteiger partial charge in [0.15, 0.2) is 0 Å². The predicted molar refractivity (Wildman–Crippen MR) is 61.6 cm³/mol. The third-order valence-electron chi connectivity index (χ3n) is 3.11. The molecule has 15 heavy (non-hydrogen) atoms. The molecule has 2 heteroatoms. The average Bonchev–Trinajstić information content (AvgIpc) is 2.65. The molecule has 1 aliphatic rings. The Morgan fingerprint density at radius 1 is 1.27 bits per heavy atom. The maximum atomic E-state index is 13.1. The fourth-order valence-corrected chi connectivity index (χ4v) is 2.32. The Morgan fingerprint density at radius 2 is 2.00 bits per heavy atom. The second-order valence-corrected chi connectivity index (χ2v) is 4.55. The van der Waals surface area contributed by atoms with Crippen molar-refractivity contribution in [2.45, 2.75) is 32.6 Å². The van der Waals surface area contributed by atoms with E-state index in [2.05, 4.69) is 5.32 Å². The van der Waals surface area contributed by atoms with Gasteiger partial charge in [-0.2, -0.15) is 0 Å². The van der Waals surface area contributed by atoms with E-state index < -0.39 is 0 Å². The van der Waals surface area contributed by atoms with Gasteiger partial charge in [-0.1, -0.05) is 12.8 Å². The van der Waals surface area contributed by atoms with Gasteiger partial charge in [0.05, 0.1) is 0 Å². The van der Waals surface area contributed by atoms with E-state index in [-0.39, 0.29) is 5.82 Å². The van der Waals surface area contributed by atoms with E-state index in [0.29, 0.717) is 0 Å². The molecule has 1 N–H and O–H groups in total. The van der Waals surface area contributed by atoms with Gasteiger partial charge in [0.2, 0.25) is 0 Å². The molecule has 0 aromatic heterocycles. The van der Waals surface area contributed by atoms with Crippen molar-refractivity contribution >= 4 is 5.69 Å². The smallest absolute Gasteiger partial charge is 0.125 e. The molecule has 0 heterocycles. The van der Waals surface area contributed by atoms with Crippen molar-refractivity contribution in [3.05, 3.63) is 29.6 Å². The lowest BCUT2D eigenvalue weighted by Gasteiger charge is -2.12. The molecule has 1 aromatic rings. The Hall–Kier alpha value is -1.05. The number of aryl methyl sites for hydroxylation is 1. The maximum Gasteiger partial charge on any atom is 0.125 e. The molecule has 0 atom stereocenters. The molecule has 0 radical (unpaired) electrons. The molecule has 1 nitrogen and oxygen atoms in total. The number of hydrogen-bond acceptors (Lipinski definition) is 1. The summed E-state index contributed by atoms with van der Waals surface area (Å²) in [5.41, 5.74) is 1.89. The molecule has 0 amide bonds. The van der Waals surface area contributed by atoms with Gasteiger partial charge in [-0.3, -0.25) is 0 Å². The second kappa shape index (κ2) is 4.65. The van der Waals surface area contributed by atoms with Gasteiger partial charge in [-0.25, -0.2) is 4.39 Å². The molecule has 0 bridgehead atoms. The van der Waals surface area contributed by atoms with Crippen LogP contribution in [0.4, 0.5) is 10.1 Å². The van der Waals surface area contributed by atoms with E-state index in [9.17, 15) is 4.39 Å². The molecule has 82 valence electrons. The molecular formula is C13H18FN. The number of benzene rings is 1. The van der Waals surface area contributed by atoms with Gasteiger partial charge in [0.25, 0.3) is 0 Å². The quantitative estimate of drug-likeness (QED) is 0.796. The summed E-state index contributed by atoms with van der Waals surface area (Å²) < 4.78 is 13.1. The zero-order valence-corrected chi connectivity index (χ0v) is 9.22. The van der Waals surface area contributed by atoms with Gasteiger partial charge in [-0.15, -0.1) is 0 Å². The van der Waals surface area contributed by atoms with Crippen molar-refractivity contribution in [2.75, 3.05) is 11.9 Å². The van der Waals surface area contributed by atoms with Crippen LogP contribution in [0.1, 0.15) is 31.2 Å². The molecule has 1 fully saturated rings. The Balaban J connectivity index is 1.92. The number of rotatable bonds is 3. The highest BCUT2D eigenvalue weighted by Crippen LogP contribution is 2.25. The molecule has 1 aromatic carbocycles. The van der Waals surface area contributed by atoms with E-state index >= 15 is 0 Å². The first-order valence-electron chi connectivity index (χ1n) is 5.75. The van der Waals surface area contributed by atoms with Gasteiger partial charge >= 0.3 is 0 Å². The van der Waals surface area contributed by atoms with Crippen LogP contribution in [0.25, 0.3) is 0 Å². The maximum absolute atomic E-state index is 13.1. The summed E-state index contributed by atoms with van der Waals surface area (Å²) >= 11 is 0. The summed E-state index contributed by atoms with van der Waals surface area (Å²) in [7, 11) is 0. The van der Waals surface area contributed by atoms with Gasteiger partial charge in [0.1, 0.15) is 5.82 Å². The van der Waals surface area contributed by atoms with Crippen LogP contribution in [0, 0.1) is 18.7 Å². The summed E-state index contributed by atoms with van der Waals surface area (Å²) in [6.07, 6.45) is 5.35. The third kappa shape index (κ3) is 2.95. The molecule has 0 aliphatic heterocycles. The minimum Gasteiger partial charge on any atom is -0.385 e. The highest BCUT2D eigenvalue weighted by atomic mass is 19.1. The topological polar surface area (TPSA) is 12.0 Å². The van der Waals surface area contributed by atoms with Crippen LogP contribution in [-0.4, -0.2) is 6.54 Å². The SMILES string of the molecule is Cc1cc(F)cc(NCC2CCCC2)c1. The largest absolute Gasteiger partial charge is 0.385 e. The second-order valence-electron chi connectivity index (χ2n) is 4.55. The fourth-order valence-electron chi connectivity index (χ4n) is 2.32. The summed E-state index contributed by atoms with van der Waals surface area (Å²) in [6.45, 7) is 2.91. The van der Waals surface area contributed by atoms with Crippen molar-refractivity contribution in [1.82, 2.24) is 0 Å². The van der Waals surface area contributed by atoms with E-state index in [0.717, 1.165) is 23.7 Å². The van der Waals surface area contributed by atoms with E-state index in [1.807, 2.05) is 13.0 Å². The lowest BCUT2D eigenvalue weighted by atomic mass is 10.1. The van der Waals surface area contributed by atoms with Crippen LogP contribution in [0.2, 0.25) is 0 Å². The van der Waals surface area contributed by atoms with Crippen LogP contribution in [0.5, 0.6) is 0 Å². The van der Waals surface area contributed by atoms with Crippen molar-refractivity contribution in [2.24, 2.45) is 5.92 Å². The normalized spacial score (nSPS) is 16.9. The van der Waals surface area contributed by atoms with Crippen LogP contribution >= 0.6 is 0 Å². The summed E-state index contributed by atoms with van der Waals surface area (Å²) in [4.78, 5) is 0. The van der Waals surface area contributed by atoms with Gasteiger partial charge in [-0.05, 0) is 49.4 Å². The number of nitrogens with one attached hydrogen (secondary N) is 1. The zero-order valence-electron chi connectivity index (χ0n) is 9.22. The Kier molecular flexibility index (Phi) is 3.24. The van der Waals surface area contributed by atoms with Crippen LogP contribution in [0.15, 0.2) is 18.2 Å². The molecule has 1 aliphatic carbocycles. The summed E-state index contributed by atoms with van der Waals surface area (Å²) in [5.74, 6) is 0.637. The molecular weight excluding hydrogens is 189 g/mol. The minimum atomic E-state index is -0.149. The predicted octanol–water partition coefficient (Wildman–Crippen LogP) is 3.74. The first kappa shape index (κ1) is 10.5. The highest BCUT2D eigenvalue weighted by Gasteiger charge is 2.14. The van der Waals surface area contributed by atoms with Crippen molar-refractivity contribution in [1.29, 1.82) is 0 Å². The Morgan fingerprint density at radius 3 is 2.67 bits per heavy atom. The first-order chi connectivity index (χ1) is 7.24. The number of anilines is 1. The third-order valence-corrected chi connectivity index (χ3v) is 3.11. The fraction of sp³-hybridized carbons (Fsp3) is 0.538. The Bertz CT molecular complexity index is 309. The number of halogens is 1. The van der Waals surface area contributed by atoms with Crippen LogP contribution in [-0.2, 0) is 0 Å². The van der Waals surface area contributed by atoms with Gasteiger partial charge in [0, 0.05) is 12.2 Å². The van der Waals surface area contributed by atoms with Gasteiger partial charge < -0.3 is 5.32 Å². The first-order valence-corrected chi connectivity index (χ1v) is 5.75. The zero-order chi connectivity index (χ0) is 10.7. The van der Waals surface area contributed by atoms with E-state index in [4.69, 9.17) is 0 Å². The van der Waals surface area contributed by atoms with E-state index in [1.165, 1.54) is 25.7 Å². The average molecular weight is 207 g/mol. The lowest BCUT2D eigenvalue weighted by Crippen LogP contribution is -2.11. The van der Waals surface area contributed by atoms with E-state index in [1.54, 1.807) is 12.1 Å². The molecule has 0 spiro atoms. The van der Waals surface area contributed by atoms with Crippen LogP contribution in [0.3, 0.4) is 0 Å². The highest BCUT2D eigenvalue weighted by molar-refractivity contribution is 5.45. The monoisotopic (exact) mass is 207 g/mol. The van der Waals surface area contributed by atoms with Crippen molar-refractivity contribution in [3.63, 3.8) is 0 Å². The number of hydrogen-bond donors (Lipinski definition) is 1. The van der Waals surface area contributed by atoms with Crippen molar-refractivity contribution in [3.8, 4) is 0 Å². The molecule has 0 saturated heterocycles. The standard InChI is InChI=1S/C13H18FN/c1-10-6-12(14)8-13(7-10)15-9-11-4-2-3-5-11/h6-8,11,15H,2-5,9H2,1H3. The molecule has 0 unspecified atom stereocenters. The molecule has 2 rings (SSSR count). The lowest BCUT2D eigenvalue weighted by molar-refractivity contribution is 0.579. The van der Waals surface area contributed by atoms with Crippen molar-refractivity contribution < 1.29 is 4.39 Å². The molecule has 1 saturated carbocycles. The summed E-state index contributed by atoms with van der Waals surface area (Å²) in [5, 5.41) is 3.33. The summed E-state index contributed by atoms with van der Waals surface area (Å²) in [6, 6.07) is 5.13. The van der Waals surface area contributed by atoms with Crippen LogP contribution < -0.4 is 5.32 Å². The minimum absolute atomic E-state index is 0.149.